The molecule has 1 aliphatic carbocycles. The topological polar surface area (TPSA) is 41.6 Å². The fourth-order valence-electron chi connectivity index (χ4n) is 3.53. The molecule has 3 atom stereocenters. The molecular formula is C20H30N2O2. The van der Waals surface area contributed by atoms with E-state index < -0.39 is 5.60 Å². The number of benzene rings is 1. The molecule has 1 aromatic carbocycles. The Morgan fingerprint density at radius 1 is 1.29 bits per heavy atom. The van der Waals surface area contributed by atoms with E-state index in [9.17, 15) is 4.79 Å². The van der Waals surface area contributed by atoms with Gasteiger partial charge in [-0.15, -0.1) is 0 Å². The average Bonchev–Trinajstić information content (AvgIpc) is 3.32. The van der Waals surface area contributed by atoms with Crippen LogP contribution in [0.3, 0.4) is 0 Å². The first kappa shape index (κ1) is 17.3. The van der Waals surface area contributed by atoms with E-state index in [1.54, 1.807) is 0 Å². The minimum atomic E-state index is -0.417. The number of nitrogens with zero attached hydrogens (tertiary/aromatic N) is 1. The molecule has 2 aliphatic rings. The van der Waals surface area contributed by atoms with Gasteiger partial charge in [0.2, 0.25) is 0 Å². The van der Waals surface area contributed by atoms with Gasteiger partial charge in [-0.2, -0.15) is 0 Å². The van der Waals surface area contributed by atoms with Crippen molar-refractivity contribution in [2.24, 2.45) is 5.92 Å². The number of likely N-dealkylation sites (tertiary alicyclic amines) is 1. The smallest absolute Gasteiger partial charge is 0.410 e. The molecule has 0 spiro atoms. The molecule has 3 rings (SSSR count). The number of hydrogen-bond acceptors (Lipinski definition) is 3. The van der Waals surface area contributed by atoms with Gasteiger partial charge in [-0.25, -0.2) is 4.79 Å². The lowest BCUT2D eigenvalue weighted by atomic mass is 9.98. The van der Waals surface area contributed by atoms with E-state index in [1.807, 2.05) is 25.7 Å². The summed E-state index contributed by atoms with van der Waals surface area (Å²) < 4.78 is 5.50. The number of rotatable bonds is 4. The molecule has 0 radical (unpaired) electrons. The highest BCUT2D eigenvalue weighted by molar-refractivity contribution is 5.68. The Hall–Kier alpha value is -1.55. The molecule has 1 saturated heterocycles. The summed E-state index contributed by atoms with van der Waals surface area (Å²) in [5.74, 6) is 1.19. The second-order valence-corrected chi connectivity index (χ2v) is 8.20. The number of nitrogens with one attached hydrogen (secondary N) is 1. The zero-order chi connectivity index (χ0) is 17.2. The number of piperidine rings is 1. The summed E-state index contributed by atoms with van der Waals surface area (Å²) in [5.41, 5.74) is 1.02. The quantitative estimate of drug-likeness (QED) is 0.913. The summed E-state index contributed by atoms with van der Waals surface area (Å²) in [5, 5.41) is 3.70. The van der Waals surface area contributed by atoms with Crippen LogP contribution >= 0.6 is 0 Å². The summed E-state index contributed by atoms with van der Waals surface area (Å²) in [4.78, 5) is 14.1. The minimum Gasteiger partial charge on any atom is -0.444 e. The summed E-state index contributed by atoms with van der Waals surface area (Å²) in [6.45, 7) is 8.39. The number of amides is 1. The van der Waals surface area contributed by atoms with Gasteiger partial charge in [0.1, 0.15) is 5.60 Å². The second kappa shape index (κ2) is 7.14. The zero-order valence-electron chi connectivity index (χ0n) is 15.1. The van der Waals surface area contributed by atoms with Crippen LogP contribution in [0.1, 0.15) is 51.5 Å². The highest BCUT2D eigenvalue weighted by atomic mass is 16.6. The Bertz CT molecular complexity index is 553. The molecule has 4 nitrogen and oxygen atoms in total. The van der Waals surface area contributed by atoms with Crippen molar-refractivity contribution >= 4 is 6.09 Å². The fourth-order valence-corrected chi connectivity index (χ4v) is 3.53. The first-order valence-electron chi connectivity index (χ1n) is 9.18. The van der Waals surface area contributed by atoms with Crippen LogP contribution in [-0.2, 0) is 4.74 Å². The molecule has 132 valence electrons. The Morgan fingerprint density at radius 3 is 2.75 bits per heavy atom. The molecule has 1 heterocycles. The molecule has 1 N–H and O–H groups in total. The molecule has 0 bridgehead atoms. The minimum absolute atomic E-state index is 0.166. The number of hydrogen-bond donors (Lipinski definition) is 1. The van der Waals surface area contributed by atoms with Crippen molar-refractivity contribution in [3.05, 3.63) is 35.9 Å². The summed E-state index contributed by atoms with van der Waals surface area (Å²) in [6.07, 6.45) is 3.32. The largest absolute Gasteiger partial charge is 0.444 e. The Balaban J connectivity index is 1.43. The lowest BCUT2D eigenvalue weighted by molar-refractivity contribution is 0.0166. The molecule has 1 saturated carbocycles. The van der Waals surface area contributed by atoms with Gasteiger partial charge >= 0.3 is 6.09 Å². The van der Waals surface area contributed by atoms with Crippen molar-refractivity contribution in [2.45, 2.75) is 57.6 Å². The van der Waals surface area contributed by atoms with E-state index >= 15 is 0 Å². The van der Waals surface area contributed by atoms with Crippen molar-refractivity contribution in [3.8, 4) is 0 Å². The van der Waals surface area contributed by atoms with Gasteiger partial charge in [0.05, 0.1) is 0 Å². The standard InChI is InChI=1S/C20H30N2O2/c1-20(2,3)24-19(23)22-11-7-8-15(14-22)13-21-18-12-17(18)16-9-5-4-6-10-16/h4-6,9-10,15,17-18,21H,7-8,11-14H2,1-3H3. The van der Waals surface area contributed by atoms with E-state index in [-0.39, 0.29) is 6.09 Å². The summed E-state index contributed by atoms with van der Waals surface area (Å²) >= 11 is 0. The van der Waals surface area contributed by atoms with Crippen molar-refractivity contribution in [1.29, 1.82) is 0 Å². The van der Waals surface area contributed by atoms with Crippen LogP contribution in [0.25, 0.3) is 0 Å². The van der Waals surface area contributed by atoms with E-state index in [0.29, 0.717) is 17.9 Å². The van der Waals surface area contributed by atoms with Gasteiger partial charge in [0.25, 0.3) is 0 Å². The monoisotopic (exact) mass is 330 g/mol. The molecule has 3 unspecified atom stereocenters. The molecular weight excluding hydrogens is 300 g/mol. The highest BCUT2D eigenvalue weighted by Gasteiger charge is 2.38. The summed E-state index contributed by atoms with van der Waals surface area (Å²) in [7, 11) is 0. The van der Waals surface area contributed by atoms with E-state index in [1.165, 1.54) is 18.4 Å². The SMILES string of the molecule is CC(C)(C)OC(=O)N1CCCC(CNC2CC2c2ccccc2)C1. The third kappa shape index (κ3) is 4.73. The van der Waals surface area contributed by atoms with Gasteiger partial charge in [0, 0.05) is 25.0 Å². The van der Waals surface area contributed by atoms with Gasteiger partial charge in [-0.3, -0.25) is 0 Å². The third-order valence-electron chi connectivity index (χ3n) is 4.86. The maximum absolute atomic E-state index is 12.2. The molecule has 24 heavy (non-hydrogen) atoms. The number of ether oxygens (including phenoxy) is 1. The van der Waals surface area contributed by atoms with Crippen LogP contribution in [0, 0.1) is 5.92 Å². The average molecular weight is 330 g/mol. The summed E-state index contributed by atoms with van der Waals surface area (Å²) in [6, 6.07) is 11.3. The van der Waals surface area contributed by atoms with Crippen molar-refractivity contribution in [1.82, 2.24) is 10.2 Å². The first-order valence-corrected chi connectivity index (χ1v) is 9.18. The van der Waals surface area contributed by atoms with Crippen LogP contribution in [0.2, 0.25) is 0 Å². The van der Waals surface area contributed by atoms with Gasteiger partial charge in [0.15, 0.2) is 0 Å². The zero-order valence-corrected chi connectivity index (χ0v) is 15.1. The molecule has 1 amide bonds. The maximum atomic E-state index is 12.2. The Labute approximate surface area is 145 Å². The van der Waals surface area contributed by atoms with Crippen LogP contribution in [0.4, 0.5) is 4.79 Å². The first-order chi connectivity index (χ1) is 11.4. The van der Waals surface area contributed by atoms with Crippen LogP contribution in [0.5, 0.6) is 0 Å². The third-order valence-corrected chi connectivity index (χ3v) is 4.86. The van der Waals surface area contributed by atoms with E-state index in [2.05, 4.69) is 35.6 Å². The van der Waals surface area contributed by atoms with E-state index in [0.717, 1.165) is 26.1 Å². The number of carbonyl (C=O) groups excluding carboxylic acids is 1. The molecule has 4 heteroatoms. The van der Waals surface area contributed by atoms with Gasteiger partial charge in [-0.05, 0) is 58.1 Å². The molecule has 1 aromatic rings. The maximum Gasteiger partial charge on any atom is 0.410 e. The van der Waals surface area contributed by atoms with Gasteiger partial charge < -0.3 is 15.0 Å². The Kier molecular flexibility index (Phi) is 5.14. The molecule has 0 aromatic heterocycles. The van der Waals surface area contributed by atoms with Crippen LogP contribution < -0.4 is 5.32 Å². The van der Waals surface area contributed by atoms with Crippen molar-refractivity contribution < 1.29 is 9.53 Å². The van der Waals surface area contributed by atoms with E-state index in [4.69, 9.17) is 4.74 Å². The van der Waals surface area contributed by atoms with Crippen molar-refractivity contribution in [2.75, 3.05) is 19.6 Å². The van der Waals surface area contributed by atoms with Crippen molar-refractivity contribution in [3.63, 3.8) is 0 Å². The van der Waals surface area contributed by atoms with Crippen LogP contribution in [-0.4, -0.2) is 42.3 Å². The molecule has 2 fully saturated rings. The number of carbonyl (C=O) groups is 1. The predicted octanol–water partition coefficient (Wildman–Crippen LogP) is 3.78. The lowest BCUT2D eigenvalue weighted by Crippen LogP contribution is -2.45. The second-order valence-electron chi connectivity index (χ2n) is 8.20. The van der Waals surface area contributed by atoms with Gasteiger partial charge in [-0.1, -0.05) is 30.3 Å². The predicted molar refractivity (Wildman–Crippen MR) is 96.1 cm³/mol. The highest BCUT2D eigenvalue weighted by Crippen LogP contribution is 2.40. The lowest BCUT2D eigenvalue weighted by Gasteiger charge is -2.34. The fraction of sp³-hybridized carbons (Fsp3) is 0.650. The normalized spacial score (nSPS) is 27.0. The molecule has 1 aliphatic heterocycles. The van der Waals surface area contributed by atoms with Crippen LogP contribution in [0.15, 0.2) is 30.3 Å². The Morgan fingerprint density at radius 2 is 2.04 bits per heavy atom.